The zero-order valence-corrected chi connectivity index (χ0v) is 38.1. The molecule has 3 saturated heterocycles. The highest BCUT2D eigenvalue weighted by atomic mass is 15.3. The third kappa shape index (κ3) is 9.30. The molecule has 3 nitrogen and oxygen atoms in total. The molecule has 3 aliphatic carbocycles. The van der Waals surface area contributed by atoms with Crippen molar-refractivity contribution in [3.8, 4) is 0 Å². The first kappa shape index (κ1) is 43.6. The molecule has 300 valence electrons. The second kappa shape index (κ2) is 15.8. The number of likely N-dealkylation sites (tertiary alicyclic amines) is 3. The van der Waals surface area contributed by atoms with Gasteiger partial charge in [-0.15, -0.1) is 0 Å². The maximum Gasteiger partial charge on any atom is 0.0139 e. The molecule has 6 fully saturated rings. The molecule has 0 amide bonds. The summed E-state index contributed by atoms with van der Waals surface area (Å²) in [5.74, 6) is 2.86. The van der Waals surface area contributed by atoms with Gasteiger partial charge >= 0.3 is 0 Å². The van der Waals surface area contributed by atoms with Gasteiger partial charge in [-0.2, -0.15) is 0 Å². The molecular formula is C48H93N3. The Morgan fingerprint density at radius 1 is 0.373 bits per heavy atom. The highest BCUT2D eigenvalue weighted by molar-refractivity contribution is 5.08. The van der Waals surface area contributed by atoms with Crippen LogP contribution in [0.5, 0.6) is 0 Å². The van der Waals surface area contributed by atoms with E-state index in [1.807, 2.05) is 0 Å². The van der Waals surface area contributed by atoms with E-state index in [0.717, 1.165) is 54.0 Å². The van der Waals surface area contributed by atoms with Crippen molar-refractivity contribution in [2.45, 2.75) is 238 Å². The molecule has 3 heteroatoms. The summed E-state index contributed by atoms with van der Waals surface area (Å²) in [5, 5.41) is 0. The highest BCUT2D eigenvalue weighted by Crippen LogP contribution is 2.56. The summed E-state index contributed by atoms with van der Waals surface area (Å²) in [5.41, 5.74) is 3.62. The van der Waals surface area contributed by atoms with Crippen molar-refractivity contribution < 1.29 is 0 Å². The van der Waals surface area contributed by atoms with E-state index in [4.69, 9.17) is 0 Å². The van der Waals surface area contributed by atoms with Crippen LogP contribution in [0.4, 0.5) is 0 Å². The van der Waals surface area contributed by atoms with Crippen LogP contribution < -0.4 is 0 Å². The standard InChI is InChI=1S/3C16H31N/c3*1-12(2)17-11-16(13(17)3)9-7-14(8-10-16)15(4,5)6/h3*12-14H,7-11H2,1-6H3/t2*13-,14?,16?;/m10./s1. The van der Waals surface area contributed by atoms with Crippen LogP contribution in [0.25, 0.3) is 0 Å². The van der Waals surface area contributed by atoms with Crippen molar-refractivity contribution in [3.63, 3.8) is 0 Å². The molecule has 3 spiro atoms. The van der Waals surface area contributed by atoms with Crippen LogP contribution in [0, 0.1) is 50.2 Å². The summed E-state index contributed by atoms with van der Waals surface area (Å²) >= 11 is 0. The molecule has 51 heavy (non-hydrogen) atoms. The van der Waals surface area contributed by atoms with Gasteiger partial charge in [0.15, 0.2) is 0 Å². The van der Waals surface area contributed by atoms with E-state index in [1.165, 1.54) is 96.7 Å². The molecule has 3 saturated carbocycles. The lowest BCUT2D eigenvalue weighted by Crippen LogP contribution is -2.66. The average molecular weight is 712 g/mol. The minimum atomic E-state index is 0.520. The van der Waals surface area contributed by atoms with E-state index in [1.54, 1.807) is 0 Å². The van der Waals surface area contributed by atoms with E-state index in [2.05, 4.69) is 139 Å². The van der Waals surface area contributed by atoms with Gasteiger partial charge in [0.2, 0.25) is 0 Å². The Morgan fingerprint density at radius 2 is 0.549 bits per heavy atom. The summed E-state index contributed by atoms with van der Waals surface area (Å²) in [6.07, 6.45) is 17.6. The van der Waals surface area contributed by atoms with Crippen molar-refractivity contribution in [1.82, 2.24) is 14.7 Å². The number of nitrogens with zero attached hydrogens (tertiary/aromatic N) is 3. The fourth-order valence-corrected chi connectivity index (χ4v) is 12.4. The first-order valence-electron chi connectivity index (χ1n) is 22.6. The Balaban J connectivity index is 0.000000172. The van der Waals surface area contributed by atoms with Crippen LogP contribution >= 0.6 is 0 Å². The molecule has 0 aromatic heterocycles. The number of rotatable bonds is 3. The minimum absolute atomic E-state index is 0.520. The summed E-state index contributed by atoms with van der Waals surface area (Å²) in [7, 11) is 0. The first-order chi connectivity index (χ1) is 23.3. The Bertz CT molecular complexity index is 935. The topological polar surface area (TPSA) is 9.72 Å². The second-order valence-electron chi connectivity index (χ2n) is 23.8. The largest absolute Gasteiger partial charge is 0.297 e. The first-order valence-corrected chi connectivity index (χ1v) is 22.6. The third-order valence-electron chi connectivity index (χ3n) is 17.3. The Kier molecular flexibility index (Phi) is 13.5. The van der Waals surface area contributed by atoms with Crippen LogP contribution in [0.1, 0.15) is 202 Å². The fraction of sp³-hybridized carbons (Fsp3) is 1.00. The lowest BCUT2D eigenvalue weighted by atomic mass is 9.58. The van der Waals surface area contributed by atoms with E-state index < -0.39 is 0 Å². The fourth-order valence-electron chi connectivity index (χ4n) is 12.4. The molecule has 0 bridgehead atoms. The number of hydrogen-bond acceptors (Lipinski definition) is 3. The van der Waals surface area contributed by atoms with Crippen LogP contribution in [-0.4, -0.2) is 70.6 Å². The molecule has 1 unspecified atom stereocenters. The van der Waals surface area contributed by atoms with Crippen molar-refractivity contribution in [1.29, 1.82) is 0 Å². The Hall–Kier alpha value is -0.120. The average Bonchev–Trinajstić information content (AvgIpc) is 3.04. The molecule has 6 aliphatic rings. The van der Waals surface area contributed by atoms with E-state index in [9.17, 15) is 0 Å². The number of hydrogen-bond donors (Lipinski definition) is 0. The predicted molar refractivity (Wildman–Crippen MR) is 225 cm³/mol. The van der Waals surface area contributed by atoms with Crippen molar-refractivity contribution in [2.24, 2.45) is 50.2 Å². The lowest BCUT2D eigenvalue weighted by molar-refractivity contribution is -0.117. The molecule has 6 rings (SSSR count). The van der Waals surface area contributed by atoms with Crippen LogP contribution in [-0.2, 0) is 0 Å². The summed E-state index contributed by atoms with van der Waals surface area (Å²) in [6, 6.07) is 4.66. The molecular weight excluding hydrogens is 619 g/mol. The van der Waals surface area contributed by atoms with Crippen molar-refractivity contribution in [2.75, 3.05) is 19.6 Å². The maximum atomic E-state index is 2.68. The molecule has 0 radical (unpaired) electrons. The van der Waals surface area contributed by atoms with Gasteiger partial charge in [0, 0.05) is 55.9 Å². The summed E-state index contributed by atoms with van der Waals surface area (Å²) < 4.78 is 0. The van der Waals surface area contributed by atoms with Gasteiger partial charge in [-0.05, 0) is 190 Å². The van der Waals surface area contributed by atoms with E-state index >= 15 is 0 Å². The minimum Gasteiger partial charge on any atom is -0.297 e. The Labute approximate surface area is 321 Å². The maximum absolute atomic E-state index is 2.68. The normalized spacial score (nSPS) is 39.7. The van der Waals surface area contributed by atoms with Gasteiger partial charge in [-0.3, -0.25) is 14.7 Å². The molecule has 3 atom stereocenters. The van der Waals surface area contributed by atoms with Crippen molar-refractivity contribution >= 4 is 0 Å². The zero-order chi connectivity index (χ0) is 38.5. The summed E-state index contributed by atoms with van der Waals surface area (Å²) in [6.45, 7) is 47.2. The monoisotopic (exact) mass is 712 g/mol. The highest BCUT2D eigenvalue weighted by Gasteiger charge is 2.54. The second-order valence-corrected chi connectivity index (χ2v) is 23.8. The molecule has 0 aromatic carbocycles. The van der Waals surface area contributed by atoms with Crippen LogP contribution in [0.15, 0.2) is 0 Å². The van der Waals surface area contributed by atoms with Gasteiger partial charge in [0.05, 0.1) is 0 Å². The van der Waals surface area contributed by atoms with Gasteiger partial charge in [0.1, 0.15) is 0 Å². The molecule has 3 heterocycles. The molecule has 0 N–H and O–H groups in total. The SMILES string of the molecule is CC(C)N1CC2(CCC(C(C)(C)C)CC2)C1C.CC(C)N1CC2(CCC(C(C)(C)C)CC2)[C@@H]1C.CC(C)N1CC2(CCC(C(C)(C)C)CC2)[C@H]1C. The van der Waals surface area contributed by atoms with Gasteiger partial charge < -0.3 is 0 Å². The van der Waals surface area contributed by atoms with Gasteiger partial charge in [-0.1, -0.05) is 62.3 Å². The van der Waals surface area contributed by atoms with Crippen LogP contribution in [0.2, 0.25) is 0 Å². The molecule has 3 aliphatic heterocycles. The van der Waals surface area contributed by atoms with E-state index in [-0.39, 0.29) is 0 Å². The summed E-state index contributed by atoms with van der Waals surface area (Å²) in [4.78, 5) is 8.03. The third-order valence-corrected chi connectivity index (χ3v) is 17.3. The smallest absolute Gasteiger partial charge is 0.0139 e. The van der Waals surface area contributed by atoms with E-state index in [0.29, 0.717) is 32.5 Å². The van der Waals surface area contributed by atoms with Crippen molar-refractivity contribution in [3.05, 3.63) is 0 Å². The lowest BCUT2D eigenvalue weighted by Gasteiger charge is -2.61. The van der Waals surface area contributed by atoms with Gasteiger partial charge in [0.25, 0.3) is 0 Å². The predicted octanol–water partition coefficient (Wildman–Crippen LogP) is 13.0. The quantitative estimate of drug-likeness (QED) is 0.289. The molecule has 0 aromatic rings. The van der Waals surface area contributed by atoms with Crippen LogP contribution in [0.3, 0.4) is 0 Å². The zero-order valence-electron chi connectivity index (χ0n) is 38.1. The Morgan fingerprint density at radius 3 is 0.667 bits per heavy atom. The van der Waals surface area contributed by atoms with Gasteiger partial charge in [-0.25, -0.2) is 0 Å².